The predicted octanol–water partition coefficient (Wildman–Crippen LogP) is 3.99. The Morgan fingerprint density at radius 1 is 1.00 bits per heavy atom. The van der Waals surface area contributed by atoms with Crippen LogP contribution in [0.5, 0.6) is 0 Å². The molecule has 0 atom stereocenters. The van der Waals surface area contributed by atoms with Crippen molar-refractivity contribution < 1.29 is 4.79 Å². The van der Waals surface area contributed by atoms with Gasteiger partial charge in [-0.15, -0.1) is 0 Å². The van der Waals surface area contributed by atoms with Gasteiger partial charge in [0.15, 0.2) is 0 Å². The highest BCUT2D eigenvalue weighted by molar-refractivity contribution is 6.04. The first kappa shape index (κ1) is 17.7. The number of anilines is 1. The number of aromatic nitrogens is 4. The van der Waals surface area contributed by atoms with Gasteiger partial charge in [-0.05, 0) is 31.5 Å². The predicted molar refractivity (Wildman–Crippen MR) is 109 cm³/mol. The maximum atomic E-state index is 12.7. The second-order valence-corrected chi connectivity index (χ2v) is 6.66. The zero-order chi connectivity index (χ0) is 19.5. The molecule has 2 aromatic heterocycles. The van der Waals surface area contributed by atoms with Crippen molar-refractivity contribution in [2.45, 2.75) is 20.4 Å². The fraction of sp³-hybridized carbons (Fsp3) is 0.136. The molecule has 0 fully saturated rings. The average molecular weight is 371 g/mol. The number of benzene rings is 2. The molecule has 0 unspecified atom stereocenters. The number of rotatable bonds is 5. The highest BCUT2D eigenvalue weighted by Crippen LogP contribution is 2.23. The number of hydrogen-bond acceptors (Lipinski definition) is 3. The van der Waals surface area contributed by atoms with E-state index in [2.05, 4.69) is 15.5 Å². The molecule has 0 saturated carbocycles. The van der Waals surface area contributed by atoms with Crippen molar-refractivity contribution in [2.75, 3.05) is 5.32 Å². The van der Waals surface area contributed by atoms with Crippen LogP contribution >= 0.6 is 0 Å². The van der Waals surface area contributed by atoms with E-state index in [9.17, 15) is 4.79 Å². The molecule has 1 N–H and O–H groups in total. The van der Waals surface area contributed by atoms with Gasteiger partial charge in [-0.3, -0.25) is 9.48 Å². The Morgan fingerprint density at radius 3 is 2.39 bits per heavy atom. The Labute approximate surface area is 163 Å². The largest absolute Gasteiger partial charge is 0.319 e. The van der Waals surface area contributed by atoms with Crippen molar-refractivity contribution in [1.29, 1.82) is 0 Å². The maximum Gasteiger partial charge on any atom is 0.258 e. The summed E-state index contributed by atoms with van der Waals surface area (Å²) in [6.07, 6.45) is 3.35. The number of aryl methyl sites for hydroxylation is 1. The summed E-state index contributed by atoms with van der Waals surface area (Å²) in [4.78, 5) is 12.7. The Balaban J connectivity index is 1.52. The molecule has 0 spiro atoms. The molecule has 2 heterocycles. The van der Waals surface area contributed by atoms with E-state index in [0.29, 0.717) is 12.1 Å². The van der Waals surface area contributed by atoms with Gasteiger partial charge in [0.25, 0.3) is 5.91 Å². The Morgan fingerprint density at radius 2 is 1.68 bits per heavy atom. The molecule has 0 aliphatic carbocycles. The van der Waals surface area contributed by atoms with Crippen LogP contribution in [-0.2, 0) is 6.54 Å². The van der Waals surface area contributed by atoms with Gasteiger partial charge in [0, 0.05) is 6.20 Å². The molecule has 6 heteroatoms. The summed E-state index contributed by atoms with van der Waals surface area (Å²) in [7, 11) is 0. The lowest BCUT2D eigenvalue weighted by molar-refractivity contribution is 0.102. The molecule has 6 nitrogen and oxygen atoms in total. The van der Waals surface area contributed by atoms with E-state index in [4.69, 9.17) is 0 Å². The van der Waals surface area contributed by atoms with Crippen LogP contribution in [0, 0.1) is 13.8 Å². The van der Waals surface area contributed by atoms with Crippen molar-refractivity contribution in [3.05, 3.63) is 95.6 Å². The van der Waals surface area contributed by atoms with Crippen LogP contribution in [0.25, 0.3) is 5.69 Å². The van der Waals surface area contributed by atoms with Gasteiger partial charge < -0.3 is 5.32 Å². The third-order valence-electron chi connectivity index (χ3n) is 4.61. The molecule has 4 aromatic rings. The number of carbonyl (C=O) groups is 1. The van der Waals surface area contributed by atoms with Gasteiger partial charge in [0.05, 0.1) is 41.1 Å². The fourth-order valence-corrected chi connectivity index (χ4v) is 3.17. The Kier molecular flexibility index (Phi) is 4.76. The van der Waals surface area contributed by atoms with Gasteiger partial charge in [0.1, 0.15) is 0 Å². The van der Waals surface area contributed by atoms with E-state index in [-0.39, 0.29) is 5.91 Å². The van der Waals surface area contributed by atoms with Crippen LogP contribution in [0.15, 0.2) is 73.1 Å². The second-order valence-electron chi connectivity index (χ2n) is 6.66. The molecular weight excluding hydrogens is 350 g/mol. The van der Waals surface area contributed by atoms with Crippen molar-refractivity contribution in [2.24, 2.45) is 0 Å². The lowest BCUT2D eigenvalue weighted by Gasteiger charge is -2.06. The van der Waals surface area contributed by atoms with Crippen LogP contribution in [0.2, 0.25) is 0 Å². The van der Waals surface area contributed by atoms with E-state index in [1.54, 1.807) is 17.1 Å². The number of nitrogens with one attached hydrogen (secondary N) is 1. The molecule has 1 amide bonds. The van der Waals surface area contributed by atoms with Gasteiger partial charge in [0.2, 0.25) is 0 Å². The van der Waals surface area contributed by atoms with Crippen LogP contribution in [0.3, 0.4) is 0 Å². The Bertz CT molecular complexity index is 1100. The minimum atomic E-state index is -0.196. The first-order valence-electron chi connectivity index (χ1n) is 9.11. The summed E-state index contributed by atoms with van der Waals surface area (Å²) in [5, 5.41) is 11.9. The van der Waals surface area contributed by atoms with Crippen molar-refractivity contribution in [3.8, 4) is 5.69 Å². The normalized spacial score (nSPS) is 10.8. The van der Waals surface area contributed by atoms with Crippen molar-refractivity contribution in [1.82, 2.24) is 19.6 Å². The zero-order valence-corrected chi connectivity index (χ0v) is 15.8. The molecule has 0 bridgehead atoms. The third-order valence-corrected chi connectivity index (χ3v) is 4.61. The fourth-order valence-electron chi connectivity index (χ4n) is 3.17. The van der Waals surface area contributed by atoms with E-state index < -0.39 is 0 Å². The highest BCUT2D eigenvalue weighted by Gasteiger charge is 2.17. The van der Waals surface area contributed by atoms with Gasteiger partial charge in [-0.2, -0.15) is 10.2 Å². The van der Waals surface area contributed by atoms with E-state index >= 15 is 0 Å². The summed E-state index contributed by atoms with van der Waals surface area (Å²) in [6, 6.07) is 19.9. The molecule has 140 valence electrons. The summed E-state index contributed by atoms with van der Waals surface area (Å²) in [5.74, 6) is -0.196. The van der Waals surface area contributed by atoms with E-state index in [1.807, 2.05) is 79.2 Å². The average Bonchev–Trinajstić information content (AvgIpc) is 3.29. The maximum absolute atomic E-state index is 12.7. The van der Waals surface area contributed by atoms with Gasteiger partial charge in [-0.1, -0.05) is 48.5 Å². The standard InChI is InChI=1S/C22H21N5O/c1-16-21(17(2)27(25-16)20-11-7-4-8-12-20)24-22(28)19-13-23-26(15-19)14-18-9-5-3-6-10-18/h3-13,15H,14H2,1-2H3,(H,24,28). The summed E-state index contributed by atoms with van der Waals surface area (Å²) in [5.41, 5.74) is 4.99. The number of hydrogen-bond donors (Lipinski definition) is 1. The first-order chi connectivity index (χ1) is 13.6. The van der Waals surface area contributed by atoms with Crippen LogP contribution in [0.4, 0.5) is 5.69 Å². The molecular formula is C22H21N5O. The molecule has 0 aliphatic rings. The summed E-state index contributed by atoms with van der Waals surface area (Å²) in [6.45, 7) is 4.46. The number of nitrogens with zero attached hydrogens (tertiary/aromatic N) is 4. The zero-order valence-electron chi connectivity index (χ0n) is 15.8. The lowest BCUT2D eigenvalue weighted by atomic mass is 10.2. The van der Waals surface area contributed by atoms with Gasteiger partial charge in [-0.25, -0.2) is 4.68 Å². The molecule has 2 aromatic carbocycles. The molecule has 0 aliphatic heterocycles. The third kappa shape index (κ3) is 3.57. The Hall–Kier alpha value is -3.67. The van der Waals surface area contributed by atoms with E-state index in [0.717, 1.165) is 28.3 Å². The molecule has 0 saturated heterocycles. The SMILES string of the molecule is Cc1nn(-c2ccccc2)c(C)c1NC(=O)c1cnn(Cc2ccccc2)c1. The number of para-hydroxylation sites is 1. The molecule has 0 radical (unpaired) electrons. The summed E-state index contributed by atoms with van der Waals surface area (Å²) < 4.78 is 3.60. The van der Waals surface area contributed by atoms with Gasteiger partial charge >= 0.3 is 0 Å². The van der Waals surface area contributed by atoms with Crippen molar-refractivity contribution in [3.63, 3.8) is 0 Å². The van der Waals surface area contributed by atoms with Crippen LogP contribution < -0.4 is 5.32 Å². The summed E-state index contributed by atoms with van der Waals surface area (Å²) >= 11 is 0. The monoisotopic (exact) mass is 371 g/mol. The topological polar surface area (TPSA) is 64.7 Å². The molecule has 28 heavy (non-hydrogen) atoms. The highest BCUT2D eigenvalue weighted by atomic mass is 16.1. The second kappa shape index (κ2) is 7.52. The lowest BCUT2D eigenvalue weighted by Crippen LogP contribution is -2.12. The quantitative estimate of drug-likeness (QED) is 0.577. The molecule has 4 rings (SSSR count). The van der Waals surface area contributed by atoms with Crippen LogP contribution in [0.1, 0.15) is 27.3 Å². The number of amides is 1. The number of carbonyl (C=O) groups excluding carboxylic acids is 1. The first-order valence-corrected chi connectivity index (χ1v) is 9.11. The van der Waals surface area contributed by atoms with E-state index in [1.165, 1.54) is 0 Å². The minimum Gasteiger partial charge on any atom is -0.319 e. The minimum absolute atomic E-state index is 0.196. The van der Waals surface area contributed by atoms with Crippen LogP contribution in [-0.4, -0.2) is 25.5 Å². The smallest absolute Gasteiger partial charge is 0.258 e. The van der Waals surface area contributed by atoms with Crippen molar-refractivity contribution >= 4 is 11.6 Å².